The number of nitrogens with one attached hydrogen (secondary N) is 1. The van der Waals surface area contributed by atoms with E-state index in [9.17, 15) is 13.2 Å². The Morgan fingerprint density at radius 1 is 1.48 bits per heavy atom. The minimum absolute atomic E-state index is 0.109. The highest BCUT2D eigenvalue weighted by molar-refractivity contribution is 7.88. The Bertz CT molecular complexity index is 605. The predicted molar refractivity (Wildman–Crippen MR) is 78.5 cm³/mol. The molecule has 116 valence electrons. The lowest BCUT2D eigenvalue weighted by atomic mass is 9.98. The number of piperidine rings is 1. The number of nitrogens with zero attached hydrogens (tertiary/aromatic N) is 3. The molecule has 1 aromatic rings. The van der Waals surface area contributed by atoms with Crippen LogP contribution in [0.5, 0.6) is 0 Å². The molecule has 1 amide bonds. The van der Waals surface area contributed by atoms with Gasteiger partial charge in [-0.1, -0.05) is 11.6 Å². The van der Waals surface area contributed by atoms with E-state index in [4.69, 9.17) is 11.6 Å². The van der Waals surface area contributed by atoms with E-state index < -0.39 is 10.0 Å². The third kappa shape index (κ3) is 4.90. The van der Waals surface area contributed by atoms with Crippen molar-refractivity contribution in [2.24, 2.45) is 5.92 Å². The molecule has 0 bridgehead atoms. The normalized spacial score (nSPS) is 19.5. The molecule has 1 unspecified atom stereocenters. The van der Waals surface area contributed by atoms with Crippen molar-refractivity contribution >= 4 is 27.5 Å². The quantitative estimate of drug-likeness (QED) is 0.868. The number of hydrogen-bond acceptors (Lipinski definition) is 5. The summed E-state index contributed by atoms with van der Waals surface area (Å²) < 4.78 is 24.7. The van der Waals surface area contributed by atoms with Crippen LogP contribution in [0.15, 0.2) is 12.1 Å². The fourth-order valence-electron chi connectivity index (χ4n) is 2.28. The molecule has 0 radical (unpaired) electrons. The highest BCUT2D eigenvalue weighted by Gasteiger charge is 2.25. The fraction of sp³-hybridized carbons (Fsp3) is 0.583. The monoisotopic (exact) mass is 332 g/mol. The van der Waals surface area contributed by atoms with Crippen LogP contribution >= 0.6 is 11.6 Å². The molecule has 0 spiro atoms. The van der Waals surface area contributed by atoms with Gasteiger partial charge in [-0.15, -0.1) is 10.2 Å². The SMILES string of the molecule is CS(=O)(=O)NCC1CCCN(C(=O)c2ccc(Cl)nn2)C1. The highest BCUT2D eigenvalue weighted by atomic mass is 35.5. The molecule has 2 rings (SSSR count). The first-order chi connectivity index (χ1) is 9.85. The second kappa shape index (κ2) is 6.67. The van der Waals surface area contributed by atoms with Crippen LogP contribution in [0.2, 0.25) is 5.15 Å². The second-order valence-corrected chi connectivity index (χ2v) is 7.34. The van der Waals surface area contributed by atoms with Gasteiger partial charge in [0.2, 0.25) is 10.0 Å². The molecule has 1 saturated heterocycles. The summed E-state index contributed by atoms with van der Waals surface area (Å²) in [6, 6.07) is 3.06. The van der Waals surface area contributed by atoms with E-state index in [1.807, 2.05) is 0 Å². The zero-order valence-electron chi connectivity index (χ0n) is 11.6. The number of halogens is 1. The van der Waals surface area contributed by atoms with Gasteiger partial charge >= 0.3 is 0 Å². The molecule has 1 aliphatic rings. The van der Waals surface area contributed by atoms with E-state index in [2.05, 4.69) is 14.9 Å². The molecule has 0 aliphatic carbocycles. The summed E-state index contributed by atoms with van der Waals surface area (Å²) in [5.74, 6) is -0.0964. The van der Waals surface area contributed by atoms with E-state index in [-0.39, 0.29) is 22.7 Å². The Labute approximate surface area is 128 Å². The third-order valence-electron chi connectivity index (χ3n) is 3.29. The minimum atomic E-state index is -3.21. The van der Waals surface area contributed by atoms with E-state index >= 15 is 0 Å². The van der Waals surface area contributed by atoms with Gasteiger partial charge in [-0.3, -0.25) is 4.79 Å². The van der Waals surface area contributed by atoms with Gasteiger partial charge in [0.15, 0.2) is 10.8 Å². The van der Waals surface area contributed by atoms with Gasteiger partial charge < -0.3 is 4.90 Å². The zero-order valence-corrected chi connectivity index (χ0v) is 13.2. The van der Waals surface area contributed by atoms with Crippen molar-refractivity contribution in [2.75, 3.05) is 25.9 Å². The first kappa shape index (κ1) is 16.1. The third-order valence-corrected chi connectivity index (χ3v) is 4.18. The van der Waals surface area contributed by atoms with Gasteiger partial charge in [-0.2, -0.15) is 0 Å². The van der Waals surface area contributed by atoms with Crippen molar-refractivity contribution in [1.82, 2.24) is 19.8 Å². The Kier molecular flexibility index (Phi) is 5.13. The number of carbonyl (C=O) groups is 1. The Balaban J connectivity index is 1.97. The Morgan fingerprint density at radius 2 is 2.24 bits per heavy atom. The molecule has 0 saturated carbocycles. The van der Waals surface area contributed by atoms with Crippen LogP contribution in [0.1, 0.15) is 23.3 Å². The lowest BCUT2D eigenvalue weighted by molar-refractivity contribution is 0.0669. The summed E-state index contributed by atoms with van der Waals surface area (Å²) in [5, 5.41) is 7.67. The van der Waals surface area contributed by atoms with Crippen molar-refractivity contribution in [3.05, 3.63) is 23.0 Å². The molecule has 1 atom stereocenters. The average molecular weight is 333 g/mol. The van der Waals surface area contributed by atoms with Crippen LogP contribution in [0, 0.1) is 5.92 Å². The molecule has 0 aromatic carbocycles. The van der Waals surface area contributed by atoms with Crippen LogP contribution in [-0.4, -0.2) is 55.3 Å². The van der Waals surface area contributed by atoms with Gasteiger partial charge in [0.25, 0.3) is 5.91 Å². The van der Waals surface area contributed by atoms with Crippen molar-refractivity contribution in [1.29, 1.82) is 0 Å². The summed E-state index contributed by atoms with van der Waals surface area (Å²) >= 11 is 5.65. The van der Waals surface area contributed by atoms with Crippen LogP contribution in [0.4, 0.5) is 0 Å². The molecule has 7 nitrogen and oxygen atoms in total. The largest absolute Gasteiger partial charge is 0.337 e. The summed E-state index contributed by atoms with van der Waals surface area (Å²) in [6.45, 7) is 1.49. The number of amides is 1. The van der Waals surface area contributed by atoms with Crippen molar-refractivity contribution in [2.45, 2.75) is 12.8 Å². The lowest BCUT2D eigenvalue weighted by Crippen LogP contribution is -2.43. The summed E-state index contributed by atoms with van der Waals surface area (Å²) in [4.78, 5) is 14.0. The second-order valence-electron chi connectivity index (χ2n) is 5.12. The fourth-order valence-corrected chi connectivity index (χ4v) is 2.92. The van der Waals surface area contributed by atoms with Crippen LogP contribution in [0.3, 0.4) is 0 Å². The predicted octanol–water partition coefficient (Wildman–Crippen LogP) is 0.531. The molecular weight excluding hydrogens is 316 g/mol. The first-order valence-electron chi connectivity index (χ1n) is 6.58. The van der Waals surface area contributed by atoms with Gasteiger partial charge in [0, 0.05) is 19.6 Å². The minimum Gasteiger partial charge on any atom is -0.337 e. The number of aromatic nitrogens is 2. The number of likely N-dealkylation sites (tertiary alicyclic amines) is 1. The van der Waals surface area contributed by atoms with Gasteiger partial charge in [-0.25, -0.2) is 13.1 Å². The van der Waals surface area contributed by atoms with E-state index in [1.165, 1.54) is 12.1 Å². The van der Waals surface area contributed by atoms with Crippen molar-refractivity contribution < 1.29 is 13.2 Å². The van der Waals surface area contributed by atoms with Gasteiger partial charge in [0.05, 0.1) is 6.26 Å². The highest BCUT2D eigenvalue weighted by Crippen LogP contribution is 2.18. The molecule has 9 heteroatoms. The first-order valence-corrected chi connectivity index (χ1v) is 8.85. The molecule has 1 aliphatic heterocycles. The Hall–Kier alpha value is -1.25. The molecule has 1 aromatic heterocycles. The zero-order chi connectivity index (χ0) is 15.5. The maximum Gasteiger partial charge on any atom is 0.274 e. The van der Waals surface area contributed by atoms with Crippen molar-refractivity contribution in [3.63, 3.8) is 0 Å². The lowest BCUT2D eigenvalue weighted by Gasteiger charge is -2.32. The molecule has 1 fully saturated rings. The summed E-state index contributed by atoms with van der Waals surface area (Å²) in [5.41, 5.74) is 0.246. The molecule has 2 heterocycles. The summed E-state index contributed by atoms with van der Waals surface area (Å²) in [6.07, 6.45) is 2.85. The van der Waals surface area contributed by atoms with Crippen LogP contribution < -0.4 is 4.72 Å². The van der Waals surface area contributed by atoms with Gasteiger partial charge in [0.1, 0.15) is 0 Å². The molecule has 21 heavy (non-hydrogen) atoms. The standard InChI is InChI=1S/C12H17ClN4O3S/c1-21(19,20)14-7-9-3-2-6-17(8-9)12(18)10-4-5-11(13)16-15-10/h4-5,9,14H,2-3,6-8H2,1H3. The number of hydrogen-bond donors (Lipinski definition) is 1. The number of carbonyl (C=O) groups excluding carboxylic acids is 1. The summed E-state index contributed by atoms with van der Waals surface area (Å²) in [7, 11) is -3.21. The van der Waals surface area contributed by atoms with E-state index in [0.29, 0.717) is 19.6 Å². The van der Waals surface area contributed by atoms with Crippen LogP contribution in [0.25, 0.3) is 0 Å². The smallest absolute Gasteiger partial charge is 0.274 e. The van der Waals surface area contributed by atoms with E-state index in [1.54, 1.807) is 4.90 Å². The van der Waals surface area contributed by atoms with Gasteiger partial charge in [-0.05, 0) is 30.9 Å². The maximum absolute atomic E-state index is 12.3. The average Bonchev–Trinajstić information content (AvgIpc) is 2.45. The van der Waals surface area contributed by atoms with Crippen LogP contribution in [-0.2, 0) is 10.0 Å². The molecular formula is C12H17ClN4O3S. The molecule has 1 N–H and O–H groups in total. The Morgan fingerprint density at radius 3 is 2.86 bits per heavy atom. The van der Waals surface area contributed by atoms with Crippen molar-refractivity contribution in [3.8, 4) is 0 Å². The maximum atomic E-state index is 12.3. The number of sulfonamides is 1. The topological polar surface area (TPSA) is 92.3 Å². The van der Waals surface area contributed by atoms with E-state index in [0.717, 1.165) is 19.1 Å². The number of rotatable bonds is 4.